The Bertz CT molecular complexity index is 900. The van der Waals surface area contributed by atoms with Crippen molar-refractivity contribution in [3.8, 4) is 5.75 Å². The van der Waals surface area contributed by atoms with Crippen molar-refractivity contribution in [2.24, 2.45) is 0 Å². The lowest BCUT2D eigenvalue weighted by molar-refractivity contribution is -0.116. The molecule has 1 heterocycles. The molecule has 0 bridgehead atoms. The van der Waals surface area contributed by atoms with Gasteiger partial charge < -0.3 is 20.7 Å². The third-order valence-electron chi connectivity index (χ3n) is 4.33. The number of hydrogen-bond acceptors (Lipinski definition) is 4. The van der Waals surface area contributed by atoms with Gasteiger partial charge in [0.1, 0.15) is 12.3 Å². The highest BCUT2D eigenvalue weighted by Crippen LogP contribution is 2.28. The molecule has 8 heteroatoms. The zero-order valence-electron chi connectivity index (χ0n) is 16.2. The van der Waals surface area contributed by atoms with Gasteiger partial charge in [0, 0.05) is 13.0 Å². The van der Waals surface area contributed by atoms with Crippen molar-refractivity contribution in [2.75, 3.05) is 35.2 Å². The Morgan fingerprint density at radius 1 is 1.14 bits per heavy atom. The maximum atomic E-state index is 12.5. The van der Waals surface area contributed by atoms with Crippen LogP contribution in [0.1, 0.15) is 19.8 Å². The van der Waals surface area contributed by atoms with Crippen LogP contribution in [-0.4, -0.2) is 37.5 Å². The number of para-hydroxylation sites is 4. The van der Waals surface area contributed by atoms with E-state index >= 15 is 0 Å². The second-order valence-electron chi connectivity index (χ2n) is 6.46. The number of carbonyl (C=O) groups excluding carboxylic acids is 3. The lowest BCUT2D eigenvalue weighted by Gasteiger charge is -2.29. The quantitative estimate of drug-likeness (QED) is 0.627. The molecule has 0 aliphatic carbocycles. The normalized spacial score (nSPS) is 12.6. The van der Waals surface area contributed by atoms with E-state index in [1.54, 1.807) is 36.4 Å². The van der Waals surface area contributed by atoms with E-state index in [-0.39, 0.29) is 30.8 Å². The zero-order chi connectivity index (χ0) is 20.6. The molecule has 3 rings (SSSR count). The molecule has 0 fully saturated rings. The van der Waals surface area contributed by atoms with Gasteiger partial charge in [0.05, 0.1) is 23.7 Å². The highest BCUT2D eigenvalue weighted by atomic mass is 16.5. The fourth-order valence-electron chi connectivity index (χ4n) is 3.02. The lowest BCUT2D eigenvalue weighted by atomic mass is 10.2. The molecule has 2 aromatic rings. The Hall–Kier alpha value is -3.55. The number of carbonyl (C=O) groups is 3. The van der Waals surface area contributed by atoms with Crippen LogP contribution >= 0.6 is 0 Å². The molecule has 0 saturated carbocycles. The molecule has 29 heavy (non-hydrogen) atoms. The largest absolute Gasteiger partial charge is 0.492 e. The fraction of sp³-hybridized carbons (Fsp3) is 0.286. The van der Waals surface area contributed by atoms with Crippen LogP contribution < -0.4 is 25.6 Å². The van der Waals surface area contributed by atoms with E-state index in [1.165, 1.54) is 4.90 Å². The van der Waals surface area contributed by atoms with Gasteiger partial charge in [0.15, 0.2) is 0 Å². The van der Waals surface area contributed by atoms with Crippen LogP contribution in [0.5, 0.6) is 5.75 Å². The third-order valence-corrected chi connectivity index (χ3v) is 4.33. The molecule has 0 spiro atoms. The minimum atomic E-state index is -0.366. The van der Waals surface area contributed by atoms with Crippen molar-refractivity contribution in [3.63, 3.8) is 0 Å². The van der Waals surface area contributed by atoms with Crippen molar-refractivity contribution in [1.29, 1.82) is 0 Å². The monoisotopic (exact) mass is 396 g/mol. The summed E-state index contributed by atoms with van der Waals surface area (Å²) in [6.07, 6.45) is 0.716. The van der Waals surface area contributed by atoms with Gasteiger partial charge in [-0.1, -0.05) is 24.3 Å². The van der Waals surface area contributed by atoms with Gasteiger partial charge in [0.25, 0.3) is 0 Å². The summed E-state index contributed by atoms with van der Waals surface area (Å²) < 4.78 is 5.49. The molecule has 152 valence electrons. The van der Waals surface area contributed by atoms with Crippen LogP contribution in [-0.2, 0) is 9.59 Å². The summed E-state index contributed by atoms with van der Waals surface area (Å²) in [5.74, 6) is 0.221. The highest BCUT2D eigenvalue weighted by Gasteiger charge is 2.26. The van der Waals surface area contributed by atoms with Crippen LogP contribution in [0.15, 0.2) is 48.5 Å². The van der Waals surface area contributed by atoms with Gasteiger partial charge in [-0.05, 0) is 37.6 Å². The molecule has 2 aromatic carbocycles. The average molecular weight is 396 g/mol. The first kappa shape index (κ1) is 20.2. The number of ether oxygens (including phenoxy) is 1. The number of nitrogens with one attached hydrogen (secondary N) is 3. The van der Waals surface area contributed by atoms with Crippen LogP contribution in [0.2, 0.25) is 0 Å². The first-order valence-corrected chi connectivity index (χ1v) is 9.54. The number of hydrogen-bond donors (Lipinski definition) is 3. The van der Waals surface area contributed by atoms with E-state index in [0.29, 0.717) is 42.4 Å². The van der Waals surface area contributed by atoms with Crippen molar-refractivity contribution < 1.29 is 19.1 Å². The van der Waals surface area contributed by atoms with Gasteiger partial charge in [-0.25, -0.2) is 4.79 Å². The van der Waals surface area contributed by atoms with Crippen LogP contribution in [0.3, 0.4) is 0 Å². The number of anilines is 3. The first-order chi connectivity index (χ1) is 14.1. The van der Waals surface area contributed by atoms with E-state index in [9.17, 15) is 14.4 Å². The van der Waals surface area contributed by atoms with E-state index in [2.05, 4.69) is 16.0 Å². The molecule has 1 aliphatic rings. The lowest BCUT2D eigenvalue weighted by Crippen LogP contribution is -2.47. The van der Waals surface area contributed by atoms with Gasteiger partial charge in [-0.15, -0.1) is 0 Å². The Labute approximate surface area is 169 Å². The third kappa shape index (κ3) is 5.25. The fourth-order valence-corrected chi connectivity index (χ4v) is 3.02. The smallest absolute Gasteiger partial charge is 0.322 e. The maximum absolute atomic E-state index is 12.5. The van der Waals surface area contributed by atoms with Crippen molar-refractivity contribution in [2.45, 2.75) is 19.8 Å². The van der Waals surface area contributed by atoms with Gasteiger partial charge in [-0.2, -0.15) is 0 Å². The predicted octanol–water partition coefficient (Wildman–Crippen LogP) is 2.97. The number of urea groups is 1. The molecule has 1 aliphatic heterocycles. The summed E-state index contributed by atoms with van der Waals surface area (Å²) >= 11 is 0. The minimum absolute atomic E-state index is 0.0441. The molecule has 0 saturated heterocycles. The number of amides is 4. The first-order valence-electron chi connectivity index (χ1n) is 9.54. The molecule has 0 atom stereocenters. The van der Waals surface area contributed by atoms with Crippen LogP contribution in [0.4, 0.5) is 21.9 Å². The van der Waals surface area contributed by atoms with E-state index in [0.717, 1.165) is 0 Å². The van der Waals surface area contributed by atoms with Crippen LogP contribution in [0.25, 0.3) is 0 Å². The summed E-state index contributed by atoms with van der Waals surface area (Å²) in [5, 5.41) is 8.33. The Balaban J connectivity index is 1.47. The van der Waals surface area contributed by atoms with E-state index in [4.69, 9.17) is 4.74 Å². The van der Waals surface area contributed by atoms with Crippen molar-refractivity contribution in [1.82, 2.24) is 5.32 Å². The summed E-state index contributed by atoms with van der Waals surface area (Å²) in [7, 11) is 0. The second-order valence-corrected chi connectivity index (χ2v) is 6.46. The zero-order valence-corrected chi connectivity index (χ0v) is 16.2. The average Bonchev–Trinajstić information content (AvgIpc) is 2.72. The Kier molecular flexibility index (Phi) is 6.67. The molecular weight excluding hydrogens is 372 g/mol. The molecule has 4 amide bonds. The van der Waals surface area contributed by atoms with Crippen LogP contribution in [0, 0.1) is 0 Å². The van der Waals surface area contributed by atoms with Crippen molar-refractivity contribution >= 4 is 34.9 Å². The molecule has 3 N–H and O–H groups in total. The molecule has 8 nitrogen and oxygen atoms in total. The number of nitrogens with zero attached hydrogens (tertiary/aromatic N) is 1. The van der Waals surface area contributed by atoms with E-state index in [1.807, 2.05) is 19.1 Å². The SMILES string of the molecule is CCOc1ccccc1NC(=O)CCCNC(=O)N1CC(=O)Nc2ccccc21. The Morgan fingerprint density at radius 3 is 2.72 bits per heavy atom. The summed E-state index contributed by atoms with van der Waals surface area (Å²) in [6, 6.07) is 14.0. The molecular formula is C21H24N4O4. The second kappa shape index (κ2) is 9.59. The minimum Gasteiger partial charge on any atom is -0.492 e. The summed E-state index contributed by atoms with van der Waals surface area (Å²) in [6.45, 7) is 2.67. The molecule has 0 radical (unpaired) electrons. The Morgan fingerprint density at radius 2 is 1.90 bits per heavy atom. The van der Waals surface area contributed by atoms with E-state index < -0.39 is 0 Å². The number of rotatable bonds is 7. The number of benzene rings is 2. The van der Waals surface area contributed by atoms with Gasteiger partial charge >= 0.3 is 6.03 Å². The standard InChI is InChI=1S/C21H24N4O4/c1-2-29-18-11-6-4-9-16(18)24-19(26)12-7-13-22-21(28)25-14-20(27)23-15-8-3-5-10-17(15)25/h3-6,8-11H,2,7,12-14H2,1H3,(H,22,28)(H,23,27)(H,24,26). The highest BCUT2D eigenvalue weighted by molar-refractivity contribution is 6.09. The molecule has 0 aromatic heterocycles. The maximum Gasteiger partial charge on any atom is 0.322 e. The topological polar surface area (TPSA) is 99.8 Å². The number of fused-ring (bicyclic) bond motifs is 1. The summed E-state index contributed by atoms with van der Waals surface area (Å²) in [5.41, 5.74) is 1.88. The molecule has 0 unspecified atom stereocenters. The van der Waals surface area contributed by atoms with Gasteiger partial charge in [0.2, 0.25) is 11.8 Å². The predicted molar refractivity (Wildman–Crippen MR) is 111 cm³/mol. The summed E-state index contributed by atoms with van der Waals surface area (Å²) in [4.78, 5) is 37.9. The van der Waals surface area contributed by atoms with Gasteiger partial charge in [-0.3, -0.25) is 14.5 Å². The van der Waals surface area contributed by atoms with Crippen molar-refractivity contribution in [3.05, 3.63) is 48.5 Å².